The standard InChI is InChI=1S/C16H17N7O5S4/c1-6-18-15(32-22-6)31-5-16(13(26)27)3-23-11(25)9(12(23)30-4-16)20-10(24)8(21-28)7-2-29-14(17)19-7/h2,9,12,28H,3-5H2,1H3,(H2,17,19)(H,20,24)(H,26,27)/t9?,12-,16?/m1/s1. The van der Waals surface area contributed by atoms with Crippen LogP contribution in [0.5, 0.6) is 0 Å². The lowest BCUT2D eigenvalue weighted by Crippen LogP contribution is -2.74. The summed E-state index contributed by atoms with van der Waals surface area (Å²) < 4.78 is 4.77. The number of hydrogen-bond donors (Lipinski definition) is 4. The Bertz CT molecular complexity index is 1100. The molecule has 2 aliphatic heterocycles. The van der Waals surface area contributed by atoms with Crippen molar-refractivity contribution in [2.45, 2.75) is 22.7 Å². The number of rotatable bonds is 7. The molecule has 3 atom stereocenters. The maximum atomic E-state index is 12.7. The number of nitrogens with zero attached hydrogens (tertiary/aromatic N) is 5. The molecule has 32 heavy (non-hydrogen) atoms. The molecule has 0 bridgehead atoms. The van der Waals surface area contributed by atoms with Gasteiger partial charge in [0, 0.05) is 23.4 Å². The summed E-state index contributed by atoms with van der Waals surface area (Å²) in [5.41, 5.74) is 4.15. The maximum absolute atomic E-state index is 12.7. The first-order valence-corrected chi connectivity index (χ1v) is 12.8. The van der Waals surface area contributed by atoms with Crippen molar-refractivity contribution in [3.8, 4) is 0 Å². The van der Waals surface area contributed by atoms with Crippen molar-refractivity contribution in [2.24, 2.45) is 10.6 Å². The second-order valence-electron chi connectivity index (χ2n) is 7.12. The zero-order valence-corrected chi connectivity index (χ0v) is 19.7. The van der Waals surface area contributed by atoms with Crippen molar-refractivity contribution in [1.29, 1.82) is 0 Å². The lowest BCUT2D eigenvalue weighted by atomic mass is 9.89. The number of aromatic nitrogens is 3. The number of thiazole rings is 1. The SMILES string of the molecule is Cc1nsc(SCC2(C(=O)O)CS[C@@H]3C(NC(=O)C(=NO)c4csc(N)n4)C(=O)N3C2)n1. The molecule has 0 aromatic carbocycles. The maximum Gasteiger partial charge on any atom is 0.313 e. The number of amides is 2. The van der Waals surface area contributed by atoms with E-state index < -0.39 is 34.6 Å². The molecule has 170 valence electrons. The van der Waals surface area contributed by atoms with Gasteiger partial charge in [-0.3, -0.25) is 14.4 Å². The van der Waals surface area contributed by atoms with Crippen LogP contribution in [-0.2, 0) is 14.4 Å². The quantitative estimate of drug-likeness (QED) is 0.131. The molecule has 2 fully saturated rings. The number of carboxylic acids is 1. The van der Waals surface area contributed by atoms with Gasteiger partial charge in [0.2, 0.25) is 5.91 Å². The van der Waals surface area contributed by atoms with E-state index in [9.17, 15) is 24.7 Å². The lowest BCUT2D eigenvalue weighted by molar-refractivity contribution is -0.157. The number of aliphatic carboxylic acids is 1. The van der Waals surface area contributed by atoms with E-state index in [1.807, 2.05) is 0 Å². The highest BCUT2D eigenvalue weighted by Crippen LogP contribution is 2.44. The number of nitrogens with two attached hydrogens (primary N) is 1. The second-order valence-corrected chi connectivity index (χ2v) is 11.1. The van der Waals surface area contributed by atoms with Crippen LogP contribution in [0.2, 0.25) is 0 Å². The summed E-state index contributed by atoms with van der Waals surface area (Å²) in [6, 6.07) is -0.856. The number of carboxylic acid groups (broad SMARTS) is 1. The summed E-state index contributed by atoms with van der Waals surface area (Å²) in [6.45, 7) is 1.79. The predicted octanol–water partition coefficient (Wildman–Crippen LogP) is 0.327. The van der Waals surface area contributed by atoms with Crippen molar-refractivity contribution < 1.29 is 24.7 Å². The zero-order valence-electron chi connectivity index (χ0n) is 16.4. The van der Waals surface area contributed by atoms with E-state index in [1.54, 1.807) is 6.92 Å². The molecule has 2 saturated heterocycles. The fourth-order valence-electron chi connectivity index (χ4n) is 3.26. The molecular formula is C16H17N7O5S4. The number of nitrogen functional groups attached to an aromatic ring is 1. The molecular weight excluding hydrogens is 498 g/mol. The highest BCUT2D eigenvalue weighted by atomic mass is 32.2. The summed E-state index contributed by atoms with van der Waals surface area (Å²) in [5, 5.41) is 25.9. The average Bonchev–Trinajstić information content (AvgIpc) is 3.38. The summed E-state index contributed by atoms with van der Waals surface area (Å²) in [4.78, 5) is 47.0. The van der Waals surface area contributed by atoms with Crippen LogP contribution in [0.25, 0.3) is 0 Å². The van der Waals surface area contributed by atoms with Crippen LogP contribution in [0.15, 0.2) is 14.9 Å². The molecule has 0 saturated carbocycles. The Labute approximate surface area is 197 Å². The topological polar surface area (TPSA) is 184 Å². The van der Waals surface area contributed by atoms with Crippen molar-refractivity contribution in [3.63, 3.8) is 0 Å². The number of carbonyl (C=O) groups excluding carboxylic acids is 2. The minimum absolute atomic E-state index is 0.0273. The van der Waals surface area contributed by atoms with Crippen LogP contribution >= 0.6 is 46.4 Å². The minimum atomic E-state index is -1.15. The van der Waals surface area contributed by atoms with Gasteiger partial charge >= 0.3 is 5.97 Å². The third-order valence-electron chi connectivity index (χ3n) is 4.95. The average molecular weight is 516 g/mol. The molecule has 12 nitrogen and oxygen atoms in total. The van der Waals surface area contributed by atoms with E-state index in [0.29, 0.717) is 10.2 Å². The molecule has 2 unspecified atom stereocenters. The van der Waals surface area contributed by atoms with Crippen LogP contribution < -0.4 is 11.1 Å². The third-order valence-corrected chi connectivity index (χ3v) is 9.42. The second kappa shape index (κ2) is 8.84. The van der Waals surface area contributed by atoms with Crippen LogP contribution in [0.3, 0.4) is 0 Å². The number of fused-ring (bicyclic) bond motifs is 1. The molecule has 5 N–H and O–H groups in total. The van der Waals surface area contributed by atoms with Gasteiger partial charge in [-0.1, -0.05) is 16.9 Å². The van der Waals surface area contributed by atoms with Crippen molar-refractivity contribution in [3.05, 3.63) is 16.9 Å². The molecule has 0 aliphatic carbocycles. The lowest BCUT2D eigenvalue weighted by Gasteiger charge is -2.53. The van der Waals surface area contributed by atoms with E-state index in [0.717, 1.165) is 11.3 Å². The number of carbonyl (C=O) groups is 3. The Hall–Kier alpha value is -2.43. The first kappa shape index (κ1) is 22.8. The highest BCUT2D eigenvalue weighted by molar-refractivity contribution is 8.01. The summed E-state index contributed by atoms with van der Waals surface area (Å²) in [5.74, 6) is -1.03. The van der Waals surface area contributed by atoms with E-state index >= 15 is 0 Å². The molecule has 2 aromatic heterocycles. The molecule has 16 heteroatoms. The van der Waals surface area contributed by atoms with Gasteiger partial charge in [0.15, 0.2) is 15.2 Å². The first-order valence-electron chi connectivity index (χ1n) is 9.07. The number of nitrogens with one attached hydrogen (secondary N) is 1. The van der Waals surface area contributed by atoms with Gasteiger partial charge < -0.3 is 26.3 Å². The smallest absolute Gasteiger partial charge is 0.313 e. The van der Waals surface area contributed by atoms with E-state index in [1.165, 1.54) is 45.3 Å². The fourth-order valence-corrected chi connectivity index (χ4v) is 7.32. The minimum Gasteiger partial charge on any atom is -0.481 e. The molecule has 0 spiro atoms. The first-order chi connectivity index (χ1) is 15.2. The van der Waals surface area contributed by atoms with E-state index in [2.05, 4.69) is 24.8 Å². The van der Waals surface area contributed by atoms with Crippen molar-refractivity contribution in [1.82, 2.24) is 24.6 Å². The highest BCUT2D eigenvalue weighted by Gasteiger charge is 2.57. The normalized spacial score (nSPS) is 25.2. The monoisotopic (exact) mass is 515 g/mol. The number of hydrogen-bond acceptors (Lipinski definition) is 13. The number of aryl methyl sites for hydroxylation is 1. The Morgan fingerprint density at radius 1 is 1.47 bits per heavy atom. The predicted molar refractivity (Wildman–Crippen MR) is 120 cm³/mol. The largest absolute Gasteiger partial charge is 0.481 e. The molecule has 4 heterocycles. The Balaban J connectivity index is 1.41. The molecule has 4 rings (SSSR count). The molecule has 2 aromatic rings. The van der Waals surface area contributed by atoms with E-state index in [-0.39, 0.29) is 34.6 Å². The van der Waals surface area contributed by atoms with Gasteiger partial charge in [-0.05, 0) is 18.5 Å². The van der Waals surface area contributed by atoms with Gasteiger partial charge in [-0.2, -0.15) is 4.37 Å². The fraction of sp³-hybridized carbons (Fsp3) is 0.438. The van der Waals surface area contributed by atoms with Gasteiger partial charge in [-0.25, -0.2) is 9.97 Å². The third kappa shape index (κ3) is 4.14. The van der Waals surface area contributed by atoms with Gasteiger partial charge in [0.05, 0.1) is 0 Å². The zero-order chi connectivity index (χ0) is 23.0. The number of β-lactam (4-membered cyclic amide) rings is 1. The Kier molecular flexibility index (Phi) is 6.28. The summed E-state index contributed by atoms with van der Waals surface area (Å²) in [7, 11) is 0. The number of anilines is 1. The molecule has 2 amide bonds. The van der Waals surface area contributed by atoms with E-state index in [4.69, 9.17) is 5.73 Å². The summed E-state index contributed by atoms with van der Waals surface area (Å²) >= 11 is 4.88. The van der Waals surface area contributed by atoms with Gasteiger partial charge in [-0.15, -0.1) is 23.1 Å². The van der Waals surface area contributed by atoms with Crippen molar-refractivity contribution in [2.75, 3.05) is 23.8 Å². The van der Waals surface area contributed by atoms with Crippen LogP contribution in [-0.4, -0.2) is 82.5 Å². The van der Waals surface area contributed by atoms with Crippen LogP contribution in [0.4, 0.5) is 5.13 Å². The molecule has 2 aliphatic rings. The molecule has 0 radical (unpaired) electrons. The number of thioether (sulfide) groups is 2. The van der Waals surface area contributed by atoms with Crippen LogP contribution in [0.1, 0.15) is 11.5 Å². The summed E-state index contributed by atoms with van der Waals surface area (Å²) in [6.07, 6.45) is 0. The van der Waals surface area contributed by atoms with Crippen molar-refractivity contribution >= 4 is 75.0 Å². The van der Waals surface area contributed by atoms with Gasteiger partial charge in [0.25, 0.3) is 5.91 Å². The number of oxime groups is 1. The Morgan fingerprint density at radius 2 is 2.25 bits per heavy atom. The van der Waals surface area contributed by atoms with Gasteiger partial charge in [0.1, 0.15) is 28.3 Å². The Morgan fingerprint density at radius 3 is 2.84 bits per heavy atom. The van der Waals surface area contributed by atoms with Crippen LogP contribution in [0, 0.1) is 12.3 Å².